The summed E-state index contributed by atoms with van der Waals surface area (Å²) in [7, 11) is 0. The maximum atomic E-state index is 11.7. The zero-order valence-corrected chi connectivity index (χ0v) is 15.0. The Kier molecular flexibility index (Phi) is 6.78. The standard InChI is InChI=1S/C19H28O5/c1-5-21-18(20)12-16-11-17(24-19(3,4)23-16)14(2)22-13-15-9-7-6-8-10-15/h6-10,14,16-17H,5,11-13H2,1-4H3/t14-,16-,17-/m1/s1. The van der Waals surface area contributed by atoms with Crippen LogP contribution in [0.4, 0.5) is 0 Å². The number of esters is 1. The number of carbonyl (C=O) groups is 1. The van der Waals surface area contributed by atoms with Gasteiger partial charge >= 0.3 is 5.97 Å². The summed E-state index contributed by atoms with van der Waals surface area (Å²) in [5.41, 5.74) is 1.12. The van der Waals surface area contributed by atoms with Crippen molar-refractivity contribution in [3.8, 4) is 0 Å². The van der Waals surface area contributed by atoms with Gasteiger partial charge in [-0.3, -0.25) is 4.79 Å². The molecule has 1 saturated heterocycles. The largest absolute Gasteiger partial charge is 0.466 e. The highest BCUT2D eigenvalue weighted by Crippen LogP contribution is 2.31. The Bertz CT molecular complexity index is 514. The van der Waals surface area contributed by atoms with Crippen LogP contribution in [0.15, 0.2) is 30.3 Å². The van der Waals surface area contributed by atoms with E-state index in [0.717, 1.165) is 5.56 Å². The van der Waals surface area contributed by atoms with E-state index in [4.69, 9.17) is 18.9 Å². The lowest BCUT2D eigenvalue weighted by molar-refractivity contribution is -0.314. The Labute approximate surface area is 144 Å². The first-order valence-corrected chi connectivity index (χ1v) is 8.56. The Morgan fingerprint density at radius 1 is 1.29 bits per heavy atom. The third-order valence-electron chi connectivity index (χ3n) is 3.96. The van der Waals surface area contributed by atoms with Crippen molar-refractivity contribution in [2.24, 2.45) is 0 Å². The molecule has 0 aliphatic carbocycles. The molecule has 0 radical (unpaired) electrons. The van der Waals surface area contributed by atoms with Crippen LogP contribution in [0.1, 0.15) is 46.1 Å². The van der Waals surface area contributed by atoms with E-state index in [2.05, 4.69) is 0 Å². The minimum Gasteiger partial charge on any atom is -0.466 e. The van der Waals surface area contributed by atoms with Crippen LogP contribution in [0.2, 0.25) is 0 Å². The van der Waals surface area contributed by atoms with E-state index in [9.17, 15) is 4.79 Å². The molecule has 1 aromatic carbocycles. The topological polar surface area (TPSA) is 54.0 Å². The van der Waals surface area contributed by atoms with E-state index < -0.39 is 5.79 Å². The second-order valence-electron chi connectivity index (χ2n) is 6.54. The van der Waals surface area contributed by atoms with Crippen LogP contribution in [-0.4, -0.2) is 36.7 Å². The summed E-state index contributed by atoms with van der Waals surface area (Å²) in [5.74, 6) is -0.985. The predicted octanol–water partition coefficient (Wildman–Crippen LogP) is 3.46. The number of hydrogen-bond acceptors (Lipinski definition) is 5. The molecule has 2 rings (SSSR count). The maximum absolute atomic E-state index is 11.7. The van der Waals surface area contributed by atoms with Crippen molar-refractivity contribution in [3.63, 3.8) is 0 Å². The summed E-state index contributed by atoms with van der Waals surface area (Å²) in [5, 5.41) is 0. The molecular formula is C19H28O5. The fraction of sp³-hybridized carbons (Fsp3) is 0.632. The van der Waals surface area contributed by atoms with Crippen molar-refractivity contribution in [1.29, 1.82) is 0 Å². The van der Waals surface area contributed by atoms with Gasteiger partial charge < -0.3 is 18.9 Å². The van der Waals surface area contributed by atoms with Gasteiger partial charge in [0, 0.05) is 6.42 Å². The molecule has 0 N–H and O–H groups in total. The molecule has 0 saturated carbocycles. The van der Waals surface area contributed by atoms with Crippen LogP contribution in [0.3, 0.4) is 0 Å². The van der Waals surface area contributed by atoms with Crippen LogP contribution in [0.5, 0.6) is 0 Å². The third kappa shape index (κ3) is 5.89. The SMILES string of the molecule is CCOC(=O)C[C@H]1C[C@H]([C@@H](C)OCc2ccccc2)OC(C)(C)O1. The average molecular weight is 336 g/mol. The molecule has 134 valence electrons. The van der Waals surface area contributed by atoms with E-state index in [-0.39, 0.29) is 30.7 Å². The quantitative estimate of drug-likeness (QED) is 0.714. The molecule has 0 bridgehead atoms. The summed E-state index contributed by atoms with van der Waals surface area (Å²) in [4.78, 5) is 11.7. The molecule has 1 fully saturated rings. The first kappa shape index (κ1) is 18.9. The molecule has 0 unspecified atom stereocenters. The van der Waals surface area contributed by atoms with Crippen LogP contribution in [0.25, 0.3) is 0 Å². The predicted molar refractivity (Wildman–Crippen MR) is 90.4 cm³/mol. The van der Waals surface area contributed by atoms with Gasteiger partial charge in [0.2, 0.25) is 0 Å². The minimum atomic E-state index is -0.746. The number of rotatable bonds is 7. The van der Waals surface area contributed by atoms with Gasteiger partial charge in [-0.25, -0.2) is 0 Å². The zero-order chi connectivity index (χ0) is 17.6. The molecule has 3 atom stereocenters. The van der Waals surface area contributed by atoms with Crippen molar-refractivity contribution in [2.45, 2.75) is 71.2 Å². The van der Waals surface area contributed by atoms with Crippen LogP contribution in [-0.2, 0) is 30.3 Å². The lowest BCUT2D eigenvalue weighted by Crippen LogP contribution is -2.49. The Morgan fingerprint density at radius 2 is 2.00 bits per heavy atom. The number of ether oxygens (including phenoxy) is 4. The van der Waals surface area contributed by atoms with E-state index >= 15 is 0 Å². The molecule has 1 aliphatic heterocycles. The fourth-order valence-electron chi connectivity index (χ4n) is 2.88. The highest BCUT2D eigenvalue weighted by molar-refractivity contribution is 5.69. The second-order valence-corrected chi connectivity index (χ2v) is 6.54. The number of hydrogen-bond donors (Lipinski definition) is 0. The summed E-state index contributed by atoms with van der Waals surface area (Å²) in [6.45, 7) is 8.44. The van der Waals surface area contributed by atoms with Crippen LogP contribution >= 0.6 is 0 Å². The molecule has 1 aliphatic rings. The monoisotopic (exact) mass is 336 g/mol. The number of benzene rings is 1. The van der Waals surface area contributed by atoms with Gasteiger partial charge in [-0.1, -0.05) is 30.3 Å². The molecule has 0 spiro atoms. The second kappa shape index (κ2) is 8.60. The maximum Gasteiger partial charge on any atom is 0.308 e. The smallest absolute Gasteiger partial charge is 0.308 e. The van der Waals surface area contributed by atoms with Gasteiger partial charge in [-0.05, 0) is 33.3 Å². The van der Waals surface area contributed by atoms with Crippen molar-refractivity contribution >= 4 is 5.97 Å². The average Bonchev–Trinajstić information content (AvgIpc) is 2.52. The molecule has 1 aromatic rings. The van der Waals surface area contributed by atoms with Crippen LogP contribution in [0, 0.1) is 0 Å². The lowest BCUT2D eigenvalue weighted by Gasteiger charge is -2.42. The first-order chi connectivity index (χ1) is 11.4. The van der Waals surface area contributed by atoms with Crippen molar-refractivity contribution in [3.05, 3.63) is 35.9 Å². The first-order valence-electron chi connectivity index (χ1n) is 8.56. The lowest BCUT2D eigenvalue weighted by atomic mass is 10.0. The Balaban J connectivity index is 1.91. The van der Waals surface area contributed by atoms with E-state index in [1.807, 2.05) is 51.1 Å². The highest BCUT2D eigenvalue weighted by atomic mass is 16.7. The van der Waals surface area contributed by atoms with Gasteiger partial charge in [-0.2, -0.15) is 0 Å². The molecule has 24 heavy (non-hydrogen) atoms. The molecule has 0 amide bonds. The van der Waals surface area contributed by atoms with Crippen molar-refractivity contribution < 1.29 is 23.7 Å². The molecular weight excluding hydrogens is 308 g/mol. The van der Waals surface area contributed by atoms with E-state index in [1.54, 1.807) is 6.92 Å². The minimum absolute atomic E-state index is 0.0990. The van der Waals surface area contributed by atoms with E-state index in [0.29, 0.717) is 19.6 Å². The molecule has 5 nitrogen and oxygen atoms in total. The molecule has 1 heterocycles. The summed E-state index contributed by atoms with van der Waals surface area (Å²) >= 11 is 0. The van der Waals surface area contributed by atoms with Crippen molar-refractivity contribution in [1.82, 2.24) is 0 Å². The fourth-order valence-corrected chi connectivity index (χ4v) is 2.88. The van der Waals surface area contributed by atoms with Crippen molar-refractivity contribution in [2.75, 3.05) is 6.61 Å². The van der Waals surface area contributed by atoms with E-state index in [1.165, 1.54) is 0 Å². The van der Waals surface area contributed by atoms with Crippen LogP contribution < -0.4 is 0 Å². The van der Waals surface area contributed by atoms with Gasteiger partial charge in [0.25, 0.3) is 0 Å². The summed E-state index contributed by atoms with van der Waals surface area (Å²) < 4.78 is 22.8. The normalized spacial score (nSPS) is 24.3. The third-order valence-corrected chi connectivity index (χ3v) is 3.96. The Hall–Kier alpha value is -1.43. The highest BCUT2D eigenvalue weighted by Gasteiger charge is 2.39. The molecule has 5 heteroatoms. The van der Waals surface area contributed by atoms with Gasteiger partial charge in [0.1, 0.15) is 0 Å². The molecule has 0 aromatic heterocycles. The summed E-state index contributed by atoms with van der Waals surface area (Å²) in [6, 6.07) is 10.0. The van der Waals surface area contributed by atoms with Gasteiger partial charge in [0.05, 0.1) is 37.9 Å². The van der Waals surface area contributed by atoms with Gasteiger partial charge in [-0.15, -0.1) is 0 Å². The number of carbonyl (C=O) groups excluding carboxylic acids is 1. The summed E-state index contributed by atoms with van der Waals surface area (Å²) in [6.07, 6.45) is 0.399. The van der Waals surface area contributed by atoms with Gasteiger partial charge in [0.15, 0.2) is 5.79 Å². The zero-order valence-electron chi connectivity index (χ0n) is 15.0. The Morgan fingerprint density at radius 3 is 2.67 bits per heavy atom.